The molecule has 19 heavy (non-hydrogen) atoms. The molecular formula is C12H16N2O4S. The van der Waals surface area contributed by atoms with Crippen LogP contribution in [0.2, 0.25) is 0 Å². The van der Waals surface area contributed by atoms with Crippen molar-refractivity contribution in [2.45, 2.75) is 36.6 Å². The Balaban J connectivity index is 2.00. The third-order valence-corrected chi connectivity index (χ3v) is 4.41. The van der Waals surface area contributed by atoms with E-state index in [0.29, 0.717) is 0 Å². The lowest BCUT2D eigenvalue weighted by Crippen LogP contribution is -2.43. The molecule has 7 heteroatoms. The van der Waals surface area contributed by atoms with E-state index in [2.05, 4.69) is 5.32 Å². The molecule has 3 N–H and O–H groups in total. The summed E-state index contributed by atoms with van der Waals surface area (Å²) in [6.07, 6.45) is 3.87. The minimum Gasteiger partial charge on any atom is -0.508 e. The van der Waals surface area contributed by atoms with Gasteiger partial charge in [-0.2, -0.15) is 0 Å². The van der Waals surface area contributed by atoms with Crippen molar-refractivity contribution in [1.82, 2.24) is 10.0 Å². The van der Waals surface area contributed by atoms with Crippen molar-refractivity contribution in [3.05, 3.63) is 24.3 Å². The summed E-state index contributed by atoms with van der Waals surface area (Å²) in [5.74, 6) is -0.0330. The van der Waals surface area contributed by atoms with E-state index < -0.39 is 16.1 Å². The summed E-state index contributed by atoms with van der Waals surface area (Å²) in [6.45, 7) is 0. The fourth-order valence-corrected chi connectivity index (χ4v) is 3.01. The molecule has 0 atom stereocenters. The van der Waals surface area contributed by atoms with Gasteiger partial charge >= 0.3 is 6.03 Å². The van der Waals surface area contributed by atoms with Gasteiger partial charge in [-0.3, -0.25) is 0 Å². The van der Waals surface area contributed by atoms with Gasteiger partial charge in [0.2, 0.25) is 0 Å². The van der Waals surface area contributed by atoms with E-state index in [1.54, 1.807) is 0 Å². The van der Waals surface area contributed by atoms with Gasteiger partial charge in [-0.1, -0.05) is 12.8 Å². The summed E-state index contributed by atoms with van der Waals surface area (Å²) >= 11 is 0. The van der Waals surface area contributed by atoms with Gasteiger partial charge < -0.3 is 10.4 Å². The summed E-state index contributed by atoms with van der Waals surface area (Å²) in [5.41, 5.74) is 0. The van der Waals surface area contributed by atoms with Crippen molar-refractivity contribution in [2.24, 2.45) is 0 Å². The molecule has 1 aliphatic rings. The fraction of sp³-hybridized carbons (Fsp3) is 0.417. The first-order chi connectivity index (χ1) is 8.97. The molecule has 0 spiro atoms. The Morgan fingerprint density at radius 1 is 1.16 bits per heavy atom. The maximum absolute atomic E-state index is 11.9. The lowest BCUT2D eigenvalue weighted by Gasteiger charge is -2.13. The van der Waals surface area contributed by atoms with Gasteiger partial charge in [-0.15, -0.1) is 0 Å². The molecule has 1 aliphatic carbocycles. The van der Waals surface area contributed by atoms with Crippen LogP contribution in [0.3, 0.4) is 0 Å². The Hall–Kier alpha value is -1.76. The molecule has 0 aromatic heterocycles. The number of hydrogen-bond acceptors (Lipinski definition) is 4. The molecule has 0 aliphatic heterocycles. The molecule has 0 bridgehead atoms. The third kappa shape index (κ3) is 3.60. The summed E-state index contributed by atoms with van der Waals surface area (Å²) in [6, 6.07) is 4.32. The van der Waals surface area contributed by atoms with Gasteiger partial charge in [0.15, 0.2) is 0 Å². The third-order valence-electron chi connectivity index (χ3n) is 3.06. The smallest absolute Gasteiger partial charge is 0.328 e. The molecule has 0 unspecified atom stereocenters. The molecule has 0 radical (unpaired) electrons. The maximum Gasteiger partial charge on any atom is 0.328 e. The minimum absolute atomic E-state index is 0.0330. The number of phenolic OH excluding ortho intramolecular Hbond substituents is 1. The number of amides is 2. The Labute approximate surface area is 111 Å². The molecule has 0 heterocycles. The number of aromatic hydroxyl groups is 1. The number of nitrogens with one attached hydrogen (secondary N) is 2. The molecule has 1 fully saturated rings. The van der Waals surface area contributed by atoms with Crippen molar-refractivity contribution in [3.8, 4) is 5.75 Å². The van der Waals surface area contributed by atoms with E-state index in [1.807, 2.05) is 4.72 Å². The van der Waals surface area contributed by atoms with Crippen molar-refractivity contribution in [2.75, 3.05) is 0 Å². The van der Waals surface area contributed by atoms with Gasteiger partial charge in [-0.25, -0.2) is 17.9 Å². The molecular weight excluding hydrogens is 268 g/mol. The van der Waals surface area contributed by atoms with E-state index in [1.165, 1.54) is 24.3 Å². The second-order valence-corrected chi connectivity index (χ2v) is 6.24. The molecule has 6 nitrogen and oxygen atoms in total. The average molecular weight is 284 g/mol. The van der Waals surface area contributed by atoms with Crippen LogP contribution in [-0.4, -0.2) is 25.6 Å². The van der Waals surface area contributed by atoms with Crippen molar-refractivity contribution < 1.29 is 18.3 Å². The van der Waals surface area contributed by atoms with Crippen LogP contribution in [0.1, 0.15) is 25.7 Å². The zero-order chi connectivity index (χ0) is 13.9. The monoisotopic (exact) mass is 284 g/mol. The predicted octanol–water partition coefficient (Wildman–Crippen LogP) is 1.32. The Morgan fingerprint density at radius 3 is 2.32 bits per heavy atom. The number of phenols is 1. The van der Waals surface area contributed by atoms with E-state index in [0.717, 1.165) is 25.7 Å². The first-order valence-corrected chi connectivity index (χ1v) is 7.58. The number of carbonyl (C=O) groups is 1. The number of hydrogen-bond donors (Lipinski definition) is 3. The lowest BCUT2D eigenvalue weighted by atomic mass is 10.3. The minimum atomic E-state index is -3.89. The van der Waals surface area contributed by atoms with Gasteiger partial charge in [0.1, 0.15) is 5.75 Å². The number of urea groups is 1. The number of sulfonamides is 1. The average Bonchev–Trinajstić information content (AvgIpc) is 2.81. The number of carbonyl (C=O) groups excluding carboxylic acids is 1. The van der Waals surface area contributed by atoms with E-state index in [-0.39, 0.29) is 16.7 Å². The zero-order valence-corrected chi connectivity index (χ0v) is 11.1. The predicted molar refractivity (Wildman–Crippen MR) is 69.2 cm³/mol. The van der Waals surface area contributed by atoms with E-state index in [9.17, 15) is 13.2 Å². The standard InChI is InChI=1S/C12H16N2O4S/c15-10-5-7-11(8-6-10)19(17,18)14-12(16)13-9-3-1-2-4-9/h5-9,15H,1-4H2,(H2,13,14,16). The van der Waals surface area contributed by atoms with Gasteiger partial charge in [0.25, 0.3) is 10.0 Å². The summed E-state index contributed by atoms with van der Waals surface area (Å²) in [7, 11) is -3.89. The Bertz CT molecular complexity index is 548. The highest BCUT2D eigenvalue weighted by molar-refractivity contribution is 7.90. The molecule has 0 saturated heterocycles. The Kier molecular flexibility index (Phi) is 3.94. The summed E-state index contributed by atoms with van der Waals surface area (Å²) < 4.78 is 25.7. The second-order valence-electron chi connectivity index (χ2n) is 4.55. The van der Waals surface area contributed by atoms with E-state index in [4.69, 9.17) is 5.11 Å². The van der Waals surface area contributed by atoms with Crippen LogP contribution in [0.4, 0.5) is 4.79 Å². The van der Waals surface area contributed by atoms with Crippen LogP contribution < -0.4 is 10.0 Å². The van der Waals surface area contributed by atoms with Crippen LogP contribution >= 0.6 is 0 Å². The molecule has 1 aromatic rings. The highest BCUT2D eigenvalue weighted by Crippen LogP contribution is 2.18. The van der Waals surface area contributed by atoms with Crippen molar-refractivity contribution >= 4 is 16.1 Å². The van der Waals surface area contributed by atoms with E-state index >= 15 is 0 Å². The SMILES string of the molecule is O=C(NC1CCCC1)NS(=O)(=O)c1ccc(O)cc1. The highest BCUT2D eigenvalue weighted by Gasteiger charge is 2.21. The van der Waals surface area contributed by atoms with Gasteiger partial charge in [0.05, 0.1) is 4.90 Å². The number of benzene rings is 1. The highest BCUT2D eigenvalue weighted by atomic mass is 32.2. The number of rotatable bonds is 3. The molecule has 104 valence electrons. The normalized spacial score (nSPS) is 16.2. The van der Waals surface area contributed by atoms with Gasteiger partial charge in [-0.05, 0) is 37.1 Å². The second kappa shape index (κ2) is 5.48. The van der Waals surface area contributed by atoms with Crippen LogP contribution in [0.5, 0.6) is 5.75 Å². The summed E-state index contributed by atoms with van der Waals surface area (Å²) in [5, 5.41) is 11.7. The maximum atomic E-state index is 11.9. The zero-order valence-electron chi connectivity index (χ0n) is 10.3. The van der Waals surface area contributed by atoms with Crippen LogP contribution in [0.15, 0.2) is 29.2 Å². The topological polar surface area (TPSA) is 95.5 Å². The first-order valence-electron chi connectivity index (χ1n) is 6.10. The van der Waals surface area contributed by atoms with Crippen molar-refractivity contribution in [1.29, 1.82) is 0 Å². The summed E-state index contributed by atoms with van der Waals surface area (Å²) in [4.78, 5) is 11.5. The van der Waals surface area contributed by atoms with Gasteiger partial charge in [0, 0.05) is 6.04 Å². The fourth-order valence-electron chi connectivity index (χ4n) is 2.09. The quantitative estimate of drug-likeness (QED) is 0.780. The molecule has 1 aromatic carbocycles. The van der Waals surface area contributed by atoms with Crippen molar-refractivity contribution in [3.63, 3.8) is 0 Å². The molecule has 2 rings (SSSR count). The Morgan fingerprint density at radius 2 is 1.74 bits per heavy atom. The largest absolute Gasteiger partial charge is 0.508 e. The molecule has 2 amide bonds. The lowest BCUT2D eigenvalue weighted by molar-refractivity contribution is 0.242. The molecule has 1 saturated carbocycles. The van der Waals surface area contributed by atoms with Crippen LogP contribution in [-0.2, 0) is 10.0 Å². The van der Waals surface area contributed by atoms with Crippen LogP contribution in [0, 0.1) is 0 Å². The first kappa shape index (κ1) is 13.7. The van der Waals surface area contributed by atoms with Crippen LogP contribution in [0.25, 0.3) is 0 Å².